The summed E-state index contributed by atoms with van der Waals surface area (Å²) in [5, 5.41) is 2.92. The summed E-state index contributed by atoms with van der Waals surface area (Å²) in [7, 11) is 0. The summed E-state index contributed by atoms with van der Waals surface area (Å²) in [6.07, 6.45) is 2.32. The first-order valence-corrected chi connectivity index (χ1v) is 8.95. The second-order valence-electron chi connectivity index (χ2n) is 6.56. The second-order valence-corrected chi connectivity index (χ2v) is 6.56. The third-order valence-corrected chi connectivity index (χ3v) is 4.71. The molecular formula is C19H29N3O2. The number of piperidine rings is 1. The van der Waals surface area contributed by atoms with Gasteiger partial charge in [-0.1, -0.05) is 6.92 Å². The number of carbonyl (C=O) groups excluding carboxylic acids is 2. The highest BCUT2D eigenvalue weighted by Crippen LogP contribution is 2.16. The Balaban J connectivity index is 1.87. The SMILES string of the molecule is CCN(CC)C(=O)c1ccc(NC(=O)CN2CCC(C)CC2)cc1. The quantitative estimate of drug-likeness (QED) is 0.872. The van der Waals surface area contributed by atoms with Gasteiger partial charge in [0, 0.05) is 24.3 Å². The molecule has 0 bridgehead atoms. The molecule has 0 radical (unpaired) electrons. The zero-order valence-electron chi connectivity index (χ0n) is 15.0. The Labute approximate surface area is 145 Å². The van der Waals surface area contributed by atoms with Crippen molar-refractivity contribution in [2.24, 2.45) is 5.92 Å². The molecular weight excluding hydrogens is 302 g/mol. The largest absolute Gasteiger partial charge is 0.339 e. The van der Waals surface area contributed by atoms with E-state index in [1.54, 1.807) is 29.2 Å². The molecule has 1 aliphatic heterocycles. The van der Waals surface area contributed by atoms with E-state index in [9.17, 15) is 9.59 Å². The number of likely N-dealkylation sites (tertiary alicyclic amines) is 1. The Hall–Kier alpha value is -1.88. The van der Waals surface area contributed by atoms with Crippen molar-refractivity contribution in [3.8, 4) is 0 Å². The Morgan fingerprint density at radius 2 is 1.71 bits per heavy atom. The summed E-state index contributed by atoms with van der Waals surface area (Å²) in [5.74, 6) is 0.799. The number of amides is 2. The highest BCUT2D eigenvalue weighted by atomic mass is 16.2. The first-order chi connectivity index (χ1) is 11.5. The van der Waals surface area contributed by atoms with Gasteiger partial charge >= 0.3 is 0 Å². The number of nitrogens with one attached hydrogen (secondary N) is 1. The Morgan fingerprint density at radius 3 is 2.25 bits per heavy atom. The van der Waals surface area contributed by atoms with Gasteiger partial charge in [-0.2, -0.15) is 0 Å². The maximum atomic E-state index is 12.3. The maximum absolute atomic E-state index is 12.3. The summed E-state index contributed by atoms with van der Waals surface area (Å²) in [5.41, 5.74) is 1.39. The van der Waals surface area contributed by atoms with Crippen LogP contribution in [0.4, 0.5) is 5.69 Å². The molecule has 1 aromatic carbocycles. The van der Waals surface area contributed by atoms with Crippen LogP contribution in [0.25, 0.3) is 0 Å². The van der Waals surface area contributed by atoms with Gasteiger partial charge in [-0.3, -0.25) is 14.5 Å². The molecule has 0 aliphatic carbocycles. The van der Waals surface area contributed by atoms with Crippen LogP contribution in [0.5, 0.6) is 0 Å². The molecule has 24 heavy (non-hydrogen) atoms. The molecule has 1 aromatic rings. The average molecular weight is 331 g/mol. The summed E-state index contributed by atoms with van der Waals surface area (Å²) >= 11 is 0. The van der Waals surface area contributed by atoms with Crippen molar-refractivity contribution >= 4 is 17.5 Å². The lowest BCUT2D eigenvalue weighted by Crippen LogP contribution is -2.38. The number of carbonyl (C=O) groups is 2. The van der Waals surface area contributed by atoms with E-state index in [2.05, 4.69) is 17.1 Å². The first kappa shape index (κ1) is 18.5. The number of nitrogens with zero attached hydrogens (tertiary/aromatic N) is 2. The molecule has 132 valence electrons. The maximum Gasteiger partial charge on any atom is 0.253 e. The molecule has 2 rings (SSSR count). The lowest BCUT2D eigenvalue weighted by atomic mass is 9.99. The van der Waals surface area contributed by atoms with E-state index in [1.165, 1.54) is 0 Å². The smallest absolute Gasteiger partial charge is 0.253 e. The fourth-order valence-electron chi connectivity index (χ4n) is 3.01. The van der Waals surface area contributed by atoms with Gasteiger partial charge in [-0.05, 0) is 70.0 Å². The van der Waals surface area contributed by atoms with Gasteiger partial charge in [0.15, 0.2) is 0 Å². The zero-order valence-corrected chi connectivity index (χ0v) is 15.0. The van der Waals surface area contributed by atoms with E-state index in [-0.39, 0.29) is 11.8 Å². The van der Waals surface area contributed by atoms with Gasteiger partial charge in [0.25, 0.3) is 5.91 Å². The van der Waals surface area contributed by atoms with Crippen molar-refractivity contribution in [1.82, 2.24) is 9.80 Å². The van der Waals surface area contributed by atoms with Crippen molar-refractivity contribution in [3.63, 3.8) is 0 Å². The molecule has 0 saturated carbocycles. The normalized spacial score (nSPS) is 16.0. The van der Waals surface area contributed by atoms with Crippen LogP contribution in [0.15, 0.2) is 24.3 Å². The van der Waals surface area contributed by atoms with Gasteiger partial charge in [-0.25, -0.2) is 0 Å². The molecule has 0 atom stereocenters. The summed E-state index contributed by atoms with van der Waals surface area (Å²) < 4.78 is 0. The van der Waals surface area contributed by atoms with Gasteiger partial charge in [0.1, 0.15) is 0 Å². The summed E-state index contributed by atoms with van der Waals surface area (Å²) in [6.45, 7) is 10.0. The molecule has 2 amide bonds. The van der Waals surface area contributed by atoms with Crippen LogP contribution in [0.2, 0.25) is 0 Å². The highest BCUT2D eigenvalue weighted by Gasteiger charge is 2.18. The topological polar surface area (TPSA) is 52.7 Å². The average Bonchev–Trinajstić information content (AvgIpc) is 2.58. The molecule has 1 heterocycles. The molecule has 1 N–H and O–H groups in total. The predicted octanol–water partition coefficient (Wildman–Crippen LogP) is 2.84. The van der Waals surface area contributed by atoms with E-state index in [0.717, 1.165) is 37.5 Å². The van der Waals surface area contributed by atoms with Crippen LogP contribution in [-0.2, 0) is 4.79 Å². The highest BCUT2D eigenvalue weighted by molar-refractivity contribution is 5.96. The minimum Gasteiger partial charge on any atom is -0.339 e. The van der Waals surface area contributed by atoms with Crippen LogP contribution in [0.3, 0.4) is 0 Å². The Morgan fingerprint density at radius 1 is 1.12 bits per heavy atom. The number of hydrogen-bond donors (Lipinski definition) is 1. The minimum atomic E-state index is 0.00683. The van der Waals surface area contributed by atoms with Crippen molar-refractivity contribution < 1.29 is 9.59 Å². The van der Waals surface area contributed by atoms with Gasteiger partial charge in [-0.15, -0.1) is 0 Å². The lowest BCUT2D eigenvalue weighted by molar-refractivity contribution is -0.117. The summed E-state index contributed by atoms with van der Waals surface area (Å²) in [4.78, 5) is 28.4. The molecule has 0 unspecified atom stereocenters. The zero-order chi connectivity index (χ0) is 17.5. The molecule has 0 spiro atoms. The second kappa shape index (κ2) is 8.83. The van der Waals surface area contributed by atoms with Crippen LogP contribution in [-0.4, -0.2) is 54.3 Å². The molecule has 1 aliphatic rings. The van der Waals surface area contributed by atoms with E-state index in [4.69, 9.17) is 0 Å². The third kappa shape index (κ3) is 5.06. The fourth-order valence-corrected chi connectivity index (χ4v) is 3.01. The van der Waals surface area contributed by atoms with Crippen LogP contribution in [0.1, 0.15) is 44.0 Å². The van der Waals surface area contributed by atoms with Gasteiger partial charge in [0.05, 0.1) is 6.54 Å². The fraction of sp³-hybridized carbons (Fsp3) is 0.579. The summed E-state index contributed by atoms with van der Waals surface area (Å²) in [6, 6.07) is 7.15. The van der Waals surface area contributed by atoms with E-state index < -0.39 is 0 Å². The first-order valence-electron chi connectivity index (χ1n) is 8.95. The van der Waals surface area contributed by atoms with Crippen molar-refractivity contribution in [1.29, 1.82) is 0 Å². The monoisotopic (exact) mass is 331 g/mol. The van der Waals surface area contributed by atoms with E-state index >= 15 is 0 Å². The molecule has 1 fully saturated rings. The van der Waals surface area contributed by atoms with Crippen LogP contribution in [0, 0.1) is 5.92 Å². The third-order valence-electron chi connectivity index (χ3n) is 4.71. The number of benzene rings is 1. The number of hydrogen-bond acceptors (Lipinski definition) is 3. The van der Waals surface area contributed by atoms with E-state index in [1.807, 2.05) is 13.8 Å². The molecule has 1 saturated heterocycles. The Bertz CT molecular complexity index is 544. The molecule has 5 heteroatoms. The van der Waals surface area contributed by atoms with Gasteiger partial charge in [0.2, 0.25) is 5.91 Å². The lowest BCUT2D eigenvalue weighted by Gasteiger charge is -2.29. The van der Waals surface area contributed by atoms with E-state index in [0.29, 0.717) is 25.2 Å². The van der Waals surface area contributed by atoms with Crippen molar-refractivity contribution in [2.45, 2.75) is 33.6 Å². The standard InChI is InChI=1S/C19H29N3O2/c1-4-22(5-2)19(24)16-6-8-17(9-7-16)20-18(23)14-21-12-10-15(3)11-13-21/h6-9,15H,4-5,10-14H2,1-3H3,(H,20,23). The van der Waals surface area contributed by atoms with Crippen LogP contribution < -0.4 is 5.32 Å². The number of anilines is 1. The van der Waals surface area contributed by atoms with Gasteiger partial charge < -0.3 is 10.2 Å². The Kier molecular flexibility index (Phi) is 6.79. The number of rotatable bonds is 6. The predicted molar refractivity (Wildman–Crippen MR) is 97.2 cm³/mol. The molecule has 0 aromatic heterocycles. The van der Waals surface area contributed by atoms with Crippen molar-refractivity contribution in [2.75, 3.05) is 38.0 Å². The van der Waals surface area contributed by atoms with Crippen molar-refractivity contribution in [3.05, 3.63) is 29.8 Å². The molecule has 5 nitrogen and oxygen atoms in total. The minimum absolute atomic E-state index is 0.00683. The van der Waals surface area contributed by atoms with Crippen LogP contribution >= 0.6 is 0 Å².